The zero-order chi connectivity index (χ0) is 19.9. The smallest absolute Gasteiger partial charge is 0.303 e. The number of phosphoric acid groups is 1. The third-order valence-corrected chi connectivity index (χ3v) is 5.84. The van der Waals surface area contributed by atoms with Crippen LogP contribution in [0.1, 0.15) is 34.6 Å². The molecule has 2 heterocycles. The second-order valence-corrected chi connectivity index (χ2v) is 8.32. The maximum Gasteiger partial charge on any atom is 0.469 e. The van der Waals surface area contributed by atoms with Crippen molar-refractivity contribution in [3.05, 3.63) is 0 Å². The number of rotatable bonds is 2. The van der Waals surface area contributed by atoms with Gasteiger partial charge in [-0.2, -0.15) is 0 Å². The molecule has 2 saturated heterocycles. The molecule has 2 aliphatic rings. The Morgan fingerprint density at radius 3 is 1.24 bits per heavy atom. The molecule has 2 N–H and O–H groups in total. The summed E-state index contributed by atoms with van der Waals surface area (Å²) in [5, 5.41) is 0. The first-order valence-corrected chi connectivity index (χ1v) is 10.4. The highest BCUT2D eigenvalue weighted by Crippen LogP contribution is 2.34. The summed E-state index contributed by atoms with van der Waals surface area (Å²) in [7, 11) is 4.54. The summed E-state index contributed by atoms with van der Waals surface area (Å²) < 4.78 is 13.6. The van der Waals surface area contributed by atoms with Crippen molar-refractivity contribution in [3.63, 3.8) is 0 Å². The van der Waals surface area contributed by atoms with Gasteiger partial charge in [-0.3, -0.25) is 24.1 Å². The van der Waals surface area contributed by atoms with E-state index < -0.39 is 7.82 Å². The molecule has 25 heavy (non-hydrogen) atoms. The molecule has 0 aliphatic carbocycles. The molecule has 0 aromatic rings. The van der Waals surface area contributed by atoms with Crippen molar-refractivity contribution in [2.75, 3.05) is 47.9 Å². The summed E-state index contributed by atoms with van der Waals surface area (Å²) >= 11 is 0. The fraction of sp³-hybridized carbons (Fsp3) is 1.00. The summed E-state index contributed by atoms with van der Waals surface area (Å²) in [5.41, 5.74) is 0. The van der Waals surface area contributed by atoms with Crippen molar-refractivity contribution in [1.82, 2.24) is 19.6 Å². The molecule has 4 atom stereocenters. The summed E-state index contributed by atoms with van der Waals surface area (Å²) in [6, 6.07) is 1.45. The molecule has 0 amide bonds. The molecule has 0 spiro atoms. The van der Waals surface area contributed by atoms with Crippen LogP contribution in [-0.4, -0.2) is 102 Å². The predicted octanol–water partition coefficient (Wildman–Crippen LogP) is 1.31. The highest BCUT2D eigenvalue weighted by molar-refractivity contribution is 7.46. The van der Waals surface area contributed by atoms with Gasteiger partial charge < -0.3 is 9.79 Å². The van der Waals surface area contributed by atoms with Crippen LogP contribution in [-0.2, 0) is 9.09 Å². The zero-order valence-electron chi connectivity index (χ0n) is 17.4. The second kappa shape index (κ2) is 10.9. The molecule has 0 bridgehead atoms. The molecule has 9 heteroatoms. The first-order chi connectivity index (χ1) is 11.3. The first kappa shape index (κ1) is 24.9. The molecule has 0 radical (unpaired) electrons. The van der Waals surface area contributed by atoms with Gasteiger partial charge in [-0.1, -0.05) is 0 Å². The molecule has 2 rings (SSSR count). The van der Waals surface area contributed by atoms with Gasteiger partial charge in [-0.05, 0) is 62.8 Å². The molecule has 0 aromatic heterocycles. The van der Waals surface area contributed by atoms with E-state index in [1.54, 1.807) is 0 Å². The summed E-state index contributed by atoms with van der Waals surface area (Å²) in [6.07, 6.45) is 1.25. The zero-order valence-corrected chi connectivity index (χ0v) is 18.3. The van der Waals surface area contributed by atoms with Gasteiger partial charge in [-0.25, -0.2) is 4.57 Å². The lowest BCUT2D eigenvalue weighted by Crippen LogP contribution is -2.32. The van der Waals surface area contributed by atoms with Crippen LogP contribution in [0.15, 0.2) is 0 Å². The molecule has 2 aliphatic heterocycles. The lowest BCUT2D eigenvalue weighted by atomic mass is 10.3. The van der Waals surface area contributed by atoms with Crippen molar-refractivity contribution in [2.45, 2.75) is 59.0 Å². The lowest BCUT2D eigenvalue weighted by molar-refractivity contribution is 0.192. The minimum atomic E-state index is -4.17. The normalized spacial score (nSPS) is 32.1. The Balaban J connectivity index is 0.000000350. The monoisotopic (exact) mass is 382 g/mol. The summed E-state index contributed by atoms with van der Waals surface area (Å²) in [6.45, 7) is 13.0. The Hall–Kier alpha value is -0.0500. The molecule has 4 unspecified atom stereocenters. The van der Waals surface area contributed by atoms with Gasteiger partial charge in [0.1, 0.15) is 0 Å². The standard InChI is InChI=1S/2C7H16N2.C2H7O4P/c2*1-6-5-8(3)7(2)9(6)4;1-2-6-7(3,4)5/h2*6-7H,5H2,1-4H3;2H2,1H3,(H2,3,4,5). The number of nitrogens with zero attached hydrogens (tertiary/aromatic N) is 4. The van der Waals surface area contributed by atoms with E-state index in [4.69, 9.17) is 9.79 Å². The Bertz CT molecular complexity index is 373. The van der Waals surface area contributed by atoms with E-state index in [-0.39, 0.29) is 6.61 Å². The van der Waals surface area contributed by atoms with Crippen LogP contribution in [0.25, 0.3) is 0 Å². The lowest BCUT2D eigenvalue weighted by Gasteiger charge is -2.21. The number of phosphoric ester groups is 1. The molecule has 152 valence electrons. The fourth-order valence-electron chi connectivity index (χ4n) is 2.92. The molecule has 0 aromatic carbocycles. The maximum atomic E-state index is 9.70. The van der Waals surface area contributed by atoms with Gasteiger partial charge in [0, 0.05) is 25.2 Å². The first-order valence-electron chi connectivity index (χ1n) is 8.86. The highest BCUT2D eigenvalue weighted by Gasteiger charge is 2.28. The van der Waals surface area contributed by atoms with Gasteiger partial charge in [0.05, 0.1) is 18.9 Å². The quantitative estimate of drug-likeness (QED) is 0.692. The van der Waals surface area contributed by atoms with E-state index in [1.165, 1.54) is 20.0 Å². The molecule has 8 nitrogen and oxygen atoms in total. The Labute approximate surface area is 154 Å². The average molecular weight is 382 g/mol. The number of likely N-dealkylation sites (N-methyl/N-ethyl adjacent to an activating group) is 4. The van der Waals surface area contributed by atoms with Crippen LogP contribution >= 0.6 is 7.82 Å². The molecule has 2 fully saturated rings. The second-order valence-electron chi connectivity index (χ2n) is 7.08. The van der Waals surface area contributed by atoms with Gasteiger partial charge in [0.25, 0.3) is 0 Å². The van der Waals surface area contributed by atoms with Crippen molar-refractivity contribution in [3.8, 4) is 0 Å². The minimum Gasteiger partial charge on any atom is -0.303 e. The van der Waals surface area contributed by atoms with Crippen LogP contribution in [0.2, 0.25) is 0 Å². The number of hydrogen-bond acceptors (Lipinski definition) is 6. The Morgan fingerprint density at radius 1 is 0.880 bits per heavy atom. The topological polar surface area (TPSA) is 79.7 Å². The summed E-state index contributed by atoms with van der Waals surface area (Å²) in [5.74, 6) is 0. The van der Waals surface area contributed by atoms with Crippen LogP contribution in [0, 0.1) is 0 Å². The van der Waals surface area contributed by atoms with Crippen LogP contribution < -0.4 is 0 Å². The Morgan fingerprint density at radius 2 is 1.20 bits per heavy atom. The van der Waals surface area contributed by atoms with Crippen LogP contribution in [0.5, 0.6) is 0 Å². The van der Waals surface area contributed by atoms with E-state index in [2.05, 4.69) is 80.0 Å². The van der Waals surface area contributed by atoms with E-state index in [9.17, 15) is 4.57 Å². The van der Waals surface area contributed by atoms with E-state index in [0.717, 1.165) is 12.1 Å². The average Bonchev–Trinajstić information content (AvgIpc) is 2.84. The van der Waals surface area contributed by atoms with Gasteiger partial charge >= 0.3 is 7.82 Å². The largest absolute Gasteiger partial charge is 0.469 e. The van der Waals surface area contributed by atoms with E-state index in [0.29, 0.717) is 12.3 Å². The molecular formula is C16H39N4O4P. The number of hydrogen-bond donors (Lipinski definition) is 2. The van der Waals surface area contributed by atoms with Crippen molar-refractivity contribution in [2.24, 2.45) is 0 Å². The van der Waals surface area contributed by atoms with Crippen molar-refractivity contribution < 1.29 is 18.9 Å². The summed E-state index contributed by atoms with van der Waals surface area (Å²) in [4.78, 5) is 25.3. The third-order valence-electron chi connectivity index (χ3n) is 5.25. The molecule has 0 saturated carbocycles. The maximum absolute atomic E-state index is 9.70. The van der Waals surface area contributed by atoms with Crippen LogP contribution in [0.4, 0.5) is 0 Å². The van der Waals surface area contributed by atoms with Gasteiger partial charge in [-0.15, -0.1) is 0 Å². The highest BCUT2D eigenvalue weighted by atomic mass is 31.2. The molecular weight excluding hydrogens is 343 g/mol. The van der Waals surface area contributed by atoms with E-state index >= 15 is 0 Å². The van der Waals surface area contributed by atoms with Gasteiger partial charge in [0.15, 0.2) is 0 Å². The third kappa shape index (κ3) is 8.93. The van der Waals surface area contributed by atoms with Gasteiger partial charge in [0.2, 0.25) is 0 Å². The predicted molar refractivity (Wildman–Crippen MR) is 102 cm³/mol. The SMILES string of the molecule is CC1CN(C)C(C)N1C.CC1CN(C)C(C)N1C.CCOP(=O)(O)O. The van der Waals surface area contributed by atoms with Crippen LogP contribution in [0.3, 0.4) is 0 Å². The van der Waals surface area contributed by atoms with E-state index in [1.807, 2.05) is 0 Å². The Kier molecular flexibility index (Phi) is 10.9. The van der Waals surface area contributed by atoms with Crippen molar-refractivity contribution >= 4 is 7.82 Å². The van der Waals surface area contributed by atoms with Crippen molar-refractivity contribution in [1.29, 1.82) is 0 Å². The fourth-order valence-corrected chi connectivity index (χ4v) is 3.26. The minimum absolute atomic E-state index is 0.0459.